The maximum atomic E-state index is 12.1. The van der Waals surface area contributed by atoms with Crippen molar-refractivity contribution in [3.05, 3.63) is 28.7 Å². The summed E-state index contributed by atoms with van der Waals surface area (Å²) >= 11 is 3.39. The summed E-state index contributed by atoms with van der Waals surface area (Å²) in [5.41, 5.74) is 5.84. The van der Waals surface area contributed by atoms with Gasteiger partial charge in [-0.1, -0.05) is 28.9 Å². The van der Waals surface area contributed by atoms with Crippen LogP contribution in [0.3, 0.4) is 0 Å². The van der Waals surface area contributed by atoms with Crippen LogP contribution in [0.25, 0.3) is 0 Å². The molecule has 1 amide bonds. The molecule has 4 nitrogen and oxygen atoms in total. The van der Waals surface area contributed by atoms with E-state index in [1.807, 2.05) is 29.2 Å². The summed E-state index contributed by atoms with van der Waals surface area (Å²) in [7, 11) is 0. The minimum Gasteiger partial charge on any atom is -0.493 e. The third kappa shape index (κ3) is 5.16. The van der Waals surface area contributed by atoms with E-state index in [9.17, 15) is 4.79 Å². The molecule has 6 heteroatoms. The molecule has 1 saturated heterocycles. The fraction of sp³-hybridized carbons (Fsp3) is 0.533. The second-order valence-corrected chi connectivity index (χ2v) is 6.55. The molecule has 1 aliphatic rings. The summed E-state index contributed by atoms with van der Waals surface area (Å²) in [5.74, 6) is 0.928. The molecule has 1 heterocycles. The number of halogens is 2. The van der Waals surface area contributed by atoms with E-state index in [1.165, 1.54) is 0 Å². The molecule has 1 atom stereocenters. The van der Waals surface area contributed by atoms with Gasteiger partial charge in [0.05, 0.1) is 13.0 Å². The van der Waals surface area contributed by atoms with Gasteiger partial charge in [0, 0.05) is 17.6 Å². The average Bonchev–Trinajstić information content (AvgIpc) is 2.82. The number of hydrogen-bond donors (Lipinski definition) is 1. The highest BCUT2D eigenvalue weighted by molar-refractivity contribution is 9.10. The molecule has 0 saturated carbocycles. The number of hydrogen-bond acceptors (Lipinski definition) is 3. The van der Waals surface area contributed by atoms with Crippen molar-refractivity contribution >= 4 is 34.2 Å². The van der Waals surface area contributed by atoms with Crippen molar-refractivity contribution in [1.82, 2.24) is 4.90 Å². The van der Waals surface area contributed by atoms with Gasteiger partial charge in [0.25, 0.3) is 0 Å². The van der Waals surface area contributed by atoms with Gasteiger partial charge in [-0.05, 0) is 36.6 Å². The van der Waals surface area contributed by atoms with E-state index >= 15 is 0 Å². The first-order valence-corrected chi connectivity index (χ1v) is 7.68. The van der Waals surface area contributed by atoms with Crippen LogP contribution in [-0.2, 0) is 4.79 Å². The number of nitrogens with zero attached hydrogens (tertiary/aromatic N) is 1. The minimum absolute atomic E-state index is 0. The third-order valence-corrected chi connectivity index (χ3v) is 4.28. The van der Waals surface area contributed by atoms with Gasteiger partial charge in [-0.2, -0.15) is 0 Å². The highest BCUT2D eigenvalue weighted by Gasteiger charge is 2.34. The first-order valence-electron chi connectivity index (χ1n) is 6.89. The summed E-state index contributed by atoms with van der Waals surface area (Å²) < 4.78 is 6.57. The molecule has 0 spiro atoms. The zero-order valence-electron chi connectivity index (χ0n) is 12.2. The largest absolute Gasteiger partial charge is 0.493 e. The molecule has 2 rings (SSSR count). The number of likely N-dealkylation sites (tertiary alicyclic amines) is 1. The van der Waals surface area contributed by atoms with Crippen LogP contribution in [0, 0.1) is 5.41 Å². The van der Waals surface area contributed by atoms with E-state index in [0.717, 1.165) is 29.7 Å². The van der Waals surface area contributed by atoms with E-state index in [-0.39, 0.29) is 23.7 Å². The summed E-state index contributed by atoms with van der Waals surface area (Å²) in [4.78, 5) is 14.0. The lowest BCUT2D eigenvalue weighted by molar-refractivity contribution is -0.131. The quantitative estimate of drug-likeness (QED) is 0.858. The van der Waals surface area contributed by atoms with Crippen molar-refractivity contribution in [2.24, 2.45) is 11.1 Å². The van der Waals surface area contributed by atoms with Crippen molar-refractivity contribution in [1.29, 1.82) is 0 Å². The average molecular weight is 378 g/mol. The summed E-state index contributed by atoms with van der Waals surface area (Å²) in [6, 6.07) is 7.63. The molecule has 0 aliphatic carbocycles. The Hall–Kier alpha value is -0.780. The molecule has 0 aromatic heterocycles. The molecule has 1 aromatic carbocycles. The van der Waals surface area contributed by atoms with Crippen LogP contribution in [0.2, 0.25) is 0 Å². The maximum absolute atomic E-state index is 12.1. The fourth-order valence-electron chi connectivity index (χ4n) is 2.37. The Labute approximate surface area is 140 Å². The predicted octanol–water partition coefficient (Wildman–Crippen LogP) is 2.84. The van der Waals surface area contributed by atoms with Gasteiger partial charge in [-0.15, -0.1) is 12.4 Å². The number of amides is 1. The lowest BCUT2D eigenvalue weighted by atomic mass is 9.90. The Balaban J connectivity index is 0.00000220. The maximum Gasteiger partial charge on any atom is 0.226 e. The van der Waals surface area contributed by atoms with Crippen LogP contribution in [-0.4, -0.2) is 37.0 Å². The summed E-state index contributed by atoms with van der Waals surface area (Å²) in [5, 5.41) is 0. The van der Waals surface area contributed by atoms with Crippen molar-refractivity contribution in [3.63, 3.8) is 0 Å². The molecule has 1 aromatic rings. The molecule has 21 heavy (non-hydrogen) atoms. The van der Waals surface area contributed by atoms with Gasteiger partial charge in [0.1, 0.15) is 5.75 Å². The van der Waals surface area contributed by atoms with Gasteiger partial charge < -0.3 is 15.4 Å². The van der Waals surface area contributed by atoms with Gasteiger partial charge >= 0.3 is 0 Å². The van der Waals surface area contributed by atoms with Crippen LogP contribution in [0.4, 0.5) is 0 Å². The normalized spacial score (nSPS) is 21.0. The predicted molar refractivity (Wildman–Crippen MR) is 89.9 cm³/mol. The zero-order chi connectivity index (χ0) is 14.6. The molecule has 1 unspecified atom stereocenters. The highest BCUT2D eigenvalue weighted by Crippen LogP contribution is 2.28. The van der Waals surface area contributed by atoms with E-state index in [2.05, 4.69) is 22.9 Å². The van der Waals surface area contributed by atoms with Crippen LogP contribution >= 0.6 is 28.3 Å². The first-order chi connectivity index (χ1) is 9.52. The second-order valence-electron chi connectivity index (χ2n) is 5.64. The Morgan fingerprint density at radius 2 is 2.29 bits per heavy atom. The van der Waals surface area contributed by atoms with E-state index in [4.69, 9.17) is 10.5 Å². The highest BCUT2D eigenvalue weighted by atomic mass is 79.9. The van der Waals surface area contributed by atoms with Crippen LogP contribution < -0.4 is 10.5 Å². The van der Waals surface area contributed by atoms with E-state index < -0.39 is 0 Å². The standard InChI is InChI=1S/C15H21BrN2O2.ClH/c1-15(10-17)6-7-18(11-15)14(19)5-8-20-13-4-2-3-12(16)9-13;/h2-4,9H,5-8,10-11,17H2,1H3;1H. The number of nitrogens with two attached hydrogens (primary N) is 1. The SMILES string of the molecule is CC1(CN)CCN(C(=O)CCOc2cccc(Br)c2)C1.Cl. The van der Waals surface area contributed by atoms with Gasteiger partial charge in [0.2, 0.25) is 5.91 Å². The lowest BCUT2D eigenvalue weighted by Gasteiger charge is -2.22. The topological polar surface area (TPSA) is 55.6 Å². The van der Waals surface area contributed by atoms with Crippen molar-refractivity contribution in [2.75, 3.05) is 26.2 Å². The summed E-state index contributed by atoms with van der Waals surface area (Å²) in [6.45, 7) is 4.75. The molecule has 0 bridgehead atoms. The van der Waals surface area contributed by atoms with Crippen LogP contribution in [0.5, 0.6) is 5.75 Å². The molecule has 118 valence electrons. The van der Waals surface area contributed by atoms with Crippen molar-refractivity contribution < 1.29 is 9.53 Å². The Kier molecular flexibility index (Phi) is 6.97. The van der Waals surface area contributed by atoms with Gasteiger partial charge in [0.15, 0.2) is 0 Å². The zero-order valence-corrected chi connectivity index (χ0v) is 14.6. The number of benzene rings is 1. The third-order valence-electron chi connectivity index (χ3n) is 3.78. The fourth-order valence-corrected chi connectivity index (χ4v) is 2.75. The number of carbonyl (C=O) groups is 1. The van der Waals surface area contributed by atoms with Gasteiger partial charge in [-0.3, -0.25) is 4.79 Å². The Morgan fingerprint density at radius 1 is 1.52 bits per heavy atom. The second kappa shape index (κ2) is 8.01. The molecule has 2 N–H and O–H groups in total. The van der Waals surface area contributed by atoms with Crippen molar-refractivity contribution in [3.8, 4) is 5.75 Å². The lowest BCUT2D eigenvalue weighted by Crippen LogP contribution is -2.35. The summed E-state index contributed by atoms with van der Waals surface area (Å²) in [6.07, 6.45) is 1.40. The molecule has 1 fully saturated rings. The minimum atomic E-state index is 0. The number of rotatable bonds is 5. The Morgan fingerprint density at radius 3 is 2.90 bits per heavy atom. The van der Waals surface area contributed by atoms with Gasteiger partial charge in [-0.25, -0.2) is 0 Å². The molecule has 1 aliphatic heterocycles. The monoisotopic (exact) mass is 376 g/mol. The Bertz CT molecular complexity index is 486. The van der Waals surface area contributed by atoms with Crippen molar-refractivity contribution in [2.45, 2.75) is 19.8 Å². The molecular formula is C15H22BrClN2O2. The first kappa shape index (κ1) is 18.3. The number of carbonyl (C=O) groups excluding carboxylic acids is 1. The van der Waals surface area contributed by atoms with E-state index in [1.54, 1.807) is 0 Å². The van der Waals surface area contributed by atoms with Crippen LogP contribution in [0.15, 0.2) is 28.7 Å². The number of ether oxygens (including phenoxy) is 1. The smallest absolute Gasteiger partial charge is 0.226 e. The van der Waals surface area contributed by atoms with Crippen LogP contribution in [0.1, 0.15) is 19.8 Å². The molecular weight excluding hydrogens is 356 g/mol. The molecule has 0 radical (unpaired) electrons. The van der Waals surface area contributed by atoms with E-state index in [0.29, 0.717) is 19.6 Å².